The van der Waals surface area contributed by atoms with Gasteiger partial charge in [-0.25, -0.2) is 14.1 Å². The number of pyridine rings is 1. The number of carbonyl (C=O) groups is 2. The molecule has 0 atom stereocenters. The van der Waals surface area contributed by atoms with Crippen LogP contribution in [0.2, 0.25) is 0 Å². The summed E-state index contributed by atoms with van der Waals surface area (Å²) in [6.45, 7) is 14.5. The van der Waals surface area contributed by atoms with E-state index in [2.05, 4.69) is 81.1 Å². The Balaban J connectivity index is 0.886. The summed E-state index contributed by atoms with van der Waals surface area (Å²) in [5.74, 6) is -0.941. The summed E-state index contributed by atoms with van der Waals surface area (Å²) in [5, 5.41) is 15.3. The Morgan fingerprint density at radius 2 is 1.44 bits per heavy atom. The monoisotopic (exact) mass is 836 g/mol. The van der Waals surface area contributed by atoms with Crippen molar-refractivity contribution in [3.8, 4) is 11.1 Å². The summed E-state index contributed by atoms with van der Waals surface area (Å²) >= 11 is 0. The lowest BCUT2D eigenvalue weighted by Gasteiger charge is -2.34. The highest BCUT2D eigenvalue weighted by molar-refractivity contribution is 6.00. The average molecular weight is 837 g/mol. The van der Waals surface area contributed by atoms with Crippen molar-refractivity contribution in [2.75, 3.05) is 44.7 Å². The van der Waals surface area contributed by atoms with E-state index in [9.17, 15) is 9.59 Å². The minimum absolute atomic E-state index is 0.196. The van der Waals surface area contributed by atoms with Crippen LogP contribution in [0.4, 0.5) is 10.1 Å². The molecule has 4 aromatic carbocycles. The zero-order valence-corrected chi connectivity index (χ0v) is 36.1. The molecule has 12 heteroatoms. The van der Waals surface area contributed by atoms with Crippen LogP contribution in [0.1, 0.15) is 80.9 Å². The summed E-state index contributed by atoms with van der Waals surface area (Å²) in [4.78, 5) is 37.1. The van der Waals surface area contributed by atoms with Crippen molar-refractivity contribution in [3.05, 3.63) is 148 Å². The van der Waals surface area contributed by atoms with E-state index in [-0.39, 0.29) is 36.8 Å². The Kier molecular flexibility index (Phi) is 13.7. The number of benzene rings is 4. The van der Waals surface area contributed by atoms with Crippen LogP contribution in [-0.2, 0) is 43.9 Å². The van der Waals surface area contributed by atoms with Crippen molar-refractivity contribution in [2.45, 2.75) is 78.8 Å². The van der Waals surface area contributed by atoms with Crippen LogP contribution in [0.15, 0.2) is 97.2 Å². The number of piperazine rings is 1. The SMILES string of the molecule is CCc1nc2c(cnn2CC)c(NC2CCOCC2)c1CNC(=O)c1cccc(C(=O)NCc2ccc(F)c(-c3cccc(CN4CCN(Cc5cccc(C)c5)CC4)c3)c2)c1. The van der Waals surface area contributed by atoms with Gasteiger partial charge in [0.25, 0.3) is 11.8 Å². The fourth-order valence-corrected chi connectivity index (χ4v) is 8.63. The van der Waals surface area contributed by atoms with Crippen molar-refractivity contribution in [3.63, 3.8) is 0 Å². The molecule has 0 saturated carbocycles. The molecular formula is C50H57FN8O3. The van der Waals surface area contributed by atoms with Gasteiger partial charge >= 0.3 is 0 Å². The third kappa shape index (κ3) is 10.2. The van der Waals surface area contributed by atoms with Crippen LogP contribution < -0.4 is 16.0 Å². The number of rotatable bonds is 15. The van der Waals surface area contributed by atoms with Crippen molar-refractivity contribution in [1.82, 2.24) is 35.2 Å². The van der Waals surface area contributed by atoms with Crippen LogP contribution in [0.3, 0.4) is 0 Å². The number of hydrogen-bond acceptors (Lipinski definition) is 8. The average Bonchev–Trinajstić information content (AvgIpc) is 3.72. The molecule has 11 nitrogen and oxygen atoms in total. The number of amides is 2. The van der Waals surface area contributed by atoms with Crippen molar-refractivity contribution in [1.29, 1.82) is 0 Å². The van der Waals surface area contributed by atoms with Gasteiger partial charge in [0, 0.05) is 106 Å². The fourth-order valence-electron chi connectivity index (χ4n) is 8.63. The van der Waals surface area contributed by atoms with E-state index in [0.29, 0.717) is 42.9 Å². The molecule has 2 fully saturated rings. The van der Waals surface area contributed by atoms with Crippen LogP contribution in [0, 0.1) is 12.7 Å². The van der Waals surface area contributed by atoms with Gasteiger partial charge in [0.05, 0.1) is 17.3 Å². The minimum atomic E-state index is -0.328. The first-order valence-corrected chi connectivity index (χ1v) is 22.0. The molecule has 0 spiro atoms. The standard InChI is InChI=1S/C50H57FN8O3/c1-4-46-43(47(55-41-17-23-62-24-18-41)44-31-54-59(5-2)48(44)56-46)30-53-50(61)40-14-8-13-39(28-40)49(60)52-29-35-15-16-45(51)42(27-35)38-12-7-11-37(26-38)33-58-21-19-57(20-22-58)32-36-10-6-9-34(3)25-36/h6-16,25-28,31,41H,4-5,17-24,29-30,32-33H2,1-3H3,(H,52,60)(H,53,61)(H,55,56). The number of halogens is 1. The molecule has 3 N–H and O–H groups in total. The summed E-state index contributed by atoms with van der Waals surface area (Å²) in [5.41, 5.74) is 10.2. The Bertz CT molecular complexity index is 2520. The lowest BCUT2D eigenvalue weighted by molar-refractivity contribution is 0.0904. The fraction of sp³-hybridized carbons (Fsp3) is 0.360. The van der Waals surface area contributed by atoms with E-state index in [1.807, 2.05) is 29.9 Å². The van der Waals surface area contributed by atoms with Gasteiger partial charge in [-0.3, -0.25) is 19.4 Å². The maximum absolute atomic E-state index is 15.3. The second-order valence-electron chi connectivity index (χ2n) is 16.5. The zero-order valence-electron chi connectivity index (χ0n) is 36.1. The molecule has 2 aromatic heterocycles. The Labute approximate surface area is 363 Å². The molecule has 0 radical (unpaired) electrons. The largest absolute Gasteiger partial charge is 0.381 e. The van der Waals surface area contributed by atoms with Gasteiger partial charge in [-0.15, -0.1) is 0 Å². The second-order valence-corrected chi connectivity index (χ2v) is 16.5. The van der Waals surface area contributed by atoms with E-state index in [1.165, 1.54) is 17.2 Å². The quantitative estimate of drug-likeness (QED) is 0.0957. The van der Waals surface area contributed by atoms with E-state index >= 15 is 4.39 Å². The molecule has 2 aliphatic rings. The van der Waals surface area contributed by atoms with E-state index in [1.54, 1.807) is 36.4 Å². The van der Waals surface area contributed by atoms with Crippen molar-refractivity contribution < 1.29 is 18.7 Å². The third-order valence-electron chi connectivity index (χ3n) is 12.1. The number of nitrogens with one attached hydrogen (secondary N) is 3. The zero-order chi connectivity index (χ0) is 43.0. The molecule has 62 heavy (non-hydrogen) atoms. The van der Waals surface area contributed by atoms with E-state index in [4.69, 9.17) is 9.72 Å². The molecule has 4 heterocycles. The molecule has 2 amide bonds. The van der Waals surface area contributed by atoms with Crippen LogP contribution in [-0.4, -0.2) is 81.8 Å². The highest BCUT2D eigenvalue weighted by Crippen LogP contribution is 2.32. The number of nitrogens with zero attached hydrogens (tertiary/aromatic N) is 5. The molecule has 2 saturated heterocycles. The molecule has 322 valence electrons. The van der Waals surface area contributed by atoms with E-state index < -0.39 is 0 Å². The summed E-state index contributed by atoms with van der Waals surface area (Å²) < 4.78 is 22.9. The second kappa shape index (κ2) is 19.8. The smallest absolute Gasteiger partial charge is 0.251 e. The number of hydrogen-bond donors (Lipinski definition) is 3. The number of fused-ring (bicyclic) bond motifs is 1. The maximum atomic E-state index is 15.3. The summed E-state index contributed by atoms with van der Waals surface area (Å²) in [7, 11) is 0. The lowest BCUT2D eigenvalue weighted by Crippen LogP contribution is -2.45. The number of aromatic nitrogens is 3. The summed E-state index contributed by atoms with van der Waals surface area (Å²) in [6.07, 6.45) is 4.31. The highest BCUT2D eigenvalue weighted by atomic mass is 19.1. The van der Waals surface area contributed by atoms with Gasteiger partial charge in [-0.2, -0.15) is 5.10 Å². The first-order chi connectivity index (χ1) is 30.2. The molecule has 0 aliphatic carbocycles. The number of anilines is 1. The van der Waals surface area contributed by atoms with Crippen molar-refractivity contribution >= 4 is 28.5 Å². The van der Waals surface area contributed by atoms with Crippen molar-refractivity contribution in [2.24, 2.45) is 0 Å². The van der Waals surface area contributed by atoms with Gasteiger partial charge in [-0.05, 0) is 91.8 Å². The van der Waals surface area contributed by atoms with E-state index in [0.717, 1.165) is 96.8 Å². The topological polar surface area (TPSA) is 117 Å². The normalized spacial score (nSPS) is 15.2. The molecule has 0 bridgehead atoms. The predicted octanol–water partition coefficient (Wildman–Crippen LogP) is 7.90. The number of carbonyl (C=O) groups excluding carboxylic acids is 2. The third-order valence-corrected chi connectivity index (χ3v) is 12.1. The van der Waals surface area contributed by atoms with Gasteiger partial charge < -0.3 is 20.7 Å². The van der Waals surface area contributed by atoms with Gasteiger partial charge in [0.1, 0.15) is 5.82 Å². The predicted molar refractivity (Wildman–Crippen MR) is 242 cm³/mol. The maximum Gasteiger partial charge on any atom is 0.251 e. The van der Waals surface area contributed by atoms with Gasteiger partial charge in [-0.1, -0.05) is 67.1 Å². The van der Waals surface area contributed by atoms with Gasteiger partial charge in [0.2, 0.25) is 0 Å². The first kappa shape index (κ1) is 42.7. The Hall–Kier alpha value is -5.95. The highest BCUT2D eigenvalue weighted by Gasteiger charge is 2.23. The summed E-state index contributed by atoms with van der Waals surface area (Å²) in [6, 6.07) is 28.7. The number of aryl methyl sites for hydroxylation is 3. The Morgan fingerprint density at radius 3 is 2.11 bits per heavy atom. The molecule has 8 rings (SSSR count). The first-order valence-electron chi connectivity index (χ1n) is 22.0. The molecule has 2 aliphatic heterocycles. The van der Waals surface area contributed by atoms with Gasteiger partial charge in [0.15, 0.2) is 5.65 Å². The van der Waals surface area contributed by atoms with Crippen LogP contribution >= 0.6 is 0 Å². The Morgan fingerprint density at radius 1 is 0.774 bits per heavy atom. The van der Waals surface area contributed by atoms with Crippen LogP contribution in [0.25, 0.3) is 22.2 Å². The molecule has 0 unspecified atom stereocenters. The molecule has 6 aromatic rings. The number of ether oxygens (including phenoxy) is 1. The minimum Gasteiger partial charge on any atom is -0.381 e. The molecular weight excluding hydrogens is 780 g/mol. The van der Waals surface area contributed by atoms with Crippen LogP contribution in [0.5, 0.6) is 0 Å². The lowest BCUT2D eigenvalue weighted by atomic mass is 10.00.